The number of hydrogen-bond acceptors (Lipinski definition) is 4. The third kappa shape index (κ3) is 3.44. The lowest BCUT2D eigenvalue weighted by Crippen LogP contribution is -2.35. The molecular formula is C18H25ClN4O2S. The fraction of sp³-hybridized carbons (Fsp3) is 0.611. The first-order valence-corrected chi connectivity index (χ1v) is 10.2. The molecule has 0 radical (unpaired) electrons. The van der Waals surface area contributed by atoms with Crippen LogP contribution in [-0.2, 0) is 23.4 Å². The maximum absolute atomic E-state index is 12.9. The highest BCUT2D eigenvalue weighted by Gasteiger charge is 2.43. The summed E-state index contributed by atoms with van der Waals surface area (Å²) in [5, 5.41) is 0.665. The van der Waals surface area contributed by atoms with Crippen LogP contribution < -0.4 is 10.3 Å². The van der Waals surface area contributed by atoms with Gasteiger partial charge in [0.15, 0.2) is 0 Å². The minimum atomic E-state index is -1.28. The first kappa shape index (κ1) is 19.5. The van der Waals surface area contributed by atoms with Gasteiger partial charge in [-0.05, 0) is 46.6 Å². The highest BCUT2D eigenvalue weighted by molar-refractivity contribution is 7.84. The number of hydrogen-bond donors (Lipinski definition) is 1. The lowest BCUT2D eigenvalue weighted by molar-refractivity contribution is 0.610. The summed E-state index contributed by atoms with van der Waals surface area (Å²) < 4.78 is 16.7. The van der Waals surface area contributed by atoms with E-state index >= 15 is 0 Å². The van der Waals surface area contributed by atoms with E-state index in [1.165, 1.54) is 0 Å². The molecule has 8 heteroatoms. The maximum Gasteiger partial charge on any atom is 0.261 e. The first-order valence-electron chi connectivity index (χ1n) is 8.70. The number of fused-ring (bicyclic) bond motifs is 1. The number of rotatable bonds is 4. The van der Waals surface area contributed by atoms with Crippen LogP contribution in [0.15, 0.2) is 10.9 Å². The molecule has 2 aromatic heterocycles. The Kier molecular flexibility index (Phi) is 4.78. The van der Waals surface area contributed by atoms with E-state index in [1.54, 1.807) is 17.7 Å². The molecule has 1 fully saturated rings. The van der Waals surface area contributed by atoms with Crippen molar-refractivity contribution in [3.05, 3.63) is 33.1 Å². The average molecular weight is 397 g/mol. The average Bonchev–Trinajstić information content (AvgIpc) is 3.28. The Morgan fingerprint density at radius 1 is 1.35 bits per heavy atom. The fourth-order valence-electron chi connectivity index (χ4n) is 2.91. The van der Waals surface area contributed by atoms with Gasteiger partial charge in [0, 0.05) is 12.5 Å². The van der Waals surface area contributed by atoms with Gasteiger partial charge in [0.05, 0.1) is 32.9 Å². The second kappa shape index (κ2) is 6.39. The molecule has 0 spiro atoms. The zero-order valence-corrected chi connectivity index (χ0v) is 17.6. The summed E-state index contributed by atoms with van der Waals surface area (Å²) in [5.74, 6) is 0.768. The van der Waals surface area contributed by atoms with Crippen LogP contribution in [0.1, 0.15) is 65.0 Å². The van der Waals surface area contributed by atoms with Crippen LogP contribution in [0.2, 0.25) is 5.15 Å². The molecule has 0 unspecified atom stereocenters. The van der Waals surface area contributed by atoms with Gasteiger partial charge >= 0.3 is 0 Å². The molecule has 1 N–H and O–H groups in total. The van der Waals surface area contributed by atoms with E-state index in [1.807, 2.05) is 27.7 Å². The van der Waals surface area contributed by atoms with Crippen molar-refractivity contribution >= 4 is 33.5 Å². The van der Waals surface area contributed by atoms with Crippen LogP contribution in [-0.4, -0.2) is 23.5 Å². The Morgan fingerprint density at radius 2 is 1.96 bits per heavy atom. The topological polar surface area (TPSA) is 76.9 Å². The van der Waals surface area contributed by atoms with Crippen LogP contribution >= 0.6 is 11.6 Å². The van der Waals surface area contributed by atoms with Gasteiger partial charge in [0.1, 0.15) is 16.5 Å². The Hall–Kier alpha value is -1.31. The van der Waals surface area contributed by atoms with E-state index in [-0.39, 0.29) is 22.2 Å². The Bertz CT molecular complexity index is 960. The van der Waals surface area contributed by atoms with Gasteiger partial charge in [-0.15, -0.1) is 0 Å². The predicted molar refractivity (Wildman–Crippen MR) is 106 cm³/mol. The van der Waals surface area contributed by atoms with Gasteiger partial charge in [-0.1, -0.05) is 18.5 Å². The molecule has 26 heavy (non-hydrogen) atoms. The highest BCUT2D eigenvalue weighted by Crippen LogP contribution is 2.46. The van der Waals surface area contributed by atoms with E-state index in [2.05, 4.69) is 16.6 Å². The molecule has 3 rings (SSSR count). The van der Waals surface area contributed by atoms with Crippen molar-refractivity contribution < 1.29 is 4.21 Å². The largest absolute Gasteiger partial charge is 0.299 e. The number of pyridine rings is 1. The van der Waals surface area contributed by atoms with Crippen molar-refractivity contribution in [1.29, 1.82) is 0 Å². The quantitative estimate of drug-likeness (QED) is 0.805. The van der Waals surface area contributed by atoms with E-state index in [0.29, 0.717) is 16.6 Å². The molecule has 142 valence electrons. The fourth-order valence-corrected chi connectivity index (χ4v) is 3.90. The number of halogens is 1. The normalized spacial score (nSPS) is 18.7. The van der Waals surface area contributed by atoms with Crippen molar-refractivity contribution in [3.8, 4) is 0 Å². The van der Waals surface area contributed by atoms with Gasteiger partial charge in [-0.25, -0.2) is 18.9 Å². The number of nitrogens with one attached hydrogen (secondary N) is 1. The number of nitrogens with zero attached hydrogens (tertiary/aromatic N) is 3. The van der Waals surface area contributed by atoms with Crippen LogP contribution in [0.25, 0.3) is 10.9 Å². The summed E-state index contributed by atoms with van der Waals surface area (Å²) in [4.78, 5) is 22.1. The molecule has 2 atom stereocenters. The molecule has 1 aliphatic rings. The summed E-state index contributed by atoms with van der Waals surface area (Å²) in [7, 11) is 0.467. The smallest absolute Gasteiger partial charge is 0.261 e. The minimum Gasteiger partial charge on any atom is -0.299 e. The van der Waals surface area contributed by atoms with E-state index in [9.17, 15) is 9.00 Å². The second-order valence-electron chi connectivity index (χ2n) is 8.31. The lowest BCUT2D eigenvalue weighted by atomic mass is 10.1. The summed E-state index contributed by atoms with van der Waals surface area (Å²) in [6.45, 7) is 9.66. The van der Waals surface area contributed by atoms with Gasteiger partial charge in [-0.3, -0.25) is 9.36 Å². The highest BCUT2D eigenvalue weighted by atomic mass is 35.5. The zero-order chi connectivity index (χ0) is 19.4. The lowest BCUT2D eigenvalue weighted by Gasteiger charge is -2.23. The van der Waals surface area contributed by atoms with Crippen LogP contribution in [0, 0.1) is 0 Å². The van der Waals surface area contributed by atoms with Gasteiger partial charge in [0.25, 0.3) is 5.56 Å². The molecule has 6 nitrogen and oxygen atoms in total. The standard InChI is InChI=1S/C18H25ClN4O2S/c1-10(22-26(25)17(2,3)4)13-14-11(9-12(19)20-13)15(24)23(6)16(21-14)18(5)7-8-18/h9-10,22H,7-8H2,1-6H3/t10-,26-/m1/s1. The summed E-state index contributed by atoms with van der Waals surface area (Å²) >= 11 is 6.17. The molecule has 0 aromatic carbocycles. The summed E-state index contributed by atoms with van der Waals surface area (Å²) in [6, 6.07) is 1.19. The van der Waals surface area contributed by atoms with Gasteiger partial charge in [-0.2, -0.15) is 0 Å². The van der Waals surface area contributed by atoms with Crippen molar-refractivity contribution in [2.24, 2.45) is 7.05 Å². The van der Waals surface area contributed by atoms with Crippen molar-refractivity contribution in [2.45, 2.75) is 63.7 Å². The summed E-state index contributed by atoms with van der Waals surface area (Å²) in [6.07, 6.45) is 2.02. The van der Waals surface area contributed by atoms with E-state index < -0.39 is 15.7 Å². The van der Waals surface area contributed by atoms with E-state index in [0.717, 1.165) is 18.7 Å². The minimum absolute atomic E-state index is 0.0656. The number of aromatic nitrogens is 3. The monoisotopic (exact) mass is 396 g/mol. The Balaban J connectivity index is 2.17. The molecule has 1 aliphatic carbocycles. The third-order valence-electron chi connectivity index (χ3n) is 4.85. The van der Waals surface area contributed by atoms with Crippen LogP contribution in [0.5, 0.6) is 0 Å². The molecule has 1 saturated carbocycles. The third-order valence-corrected chi connectivity index (χ3v) is 6.72. The van der Waals surface area contributed by atoms with Crippen molar-refractivity contribution in [2.75, 3.05) is 0 Å². The second-order valence-corrected chi connectivity index (χ2v) is 10.7. The summed E-state index contributed by atoms with van der Waals surface area (Å²) in [5.41, 5.74) is 0.886. The van der Waals surface area contributed by atoms with Gasteiger partial charge < -0.3 is 0 Å². The van der Waals surface area contributed by atoms with Crippen molar-refractivity contribution in [1.82, 2.24) is 19.3 Å². The van der Waals surface area contributed by atoms with Crippen molar-refractivity contribution in [3.63, 3.8) is 0 Å². The molecule has 0 aliphatic heterocycles. The molecule has 0 bridgehead atoms. The van der Waals surface area contributed by atoms with Crippen LogP contribution in [0.3, 0.4) is 0 Å². The molecule has 0 amide bonds. The maximum atomic E-state index is 12.9. The molecule has 2 aromatic rings. The predicted octanol–water partition coefficient (Wildman–Crippen LogP) is 3.15. The van der Waals surface area contributed by atoms with E-state index in [4.69, 9.17) is 16.6 Å². The molecule has 0 saturated heterocycles. The van der Waals surface area contributed by atoms with Crippen LogP contribution in [0.4, 0.5) is 0 Å². The SMILES string of the molecule is C[C@@H](N[S@](=O)C(C)(C)C)c1nc(Cl)cc2c(=O)n(C)c(C3(C)CC3)nc12. The first-order chi connectivity index (χ1) is 11.9. The molecular weight excluding hydrogens is 372 g/mol. The zero-order valence-electron chi connectivity index (χ0n) is 16.0. The van der Waals surface area contributed by atoms with Gasteiger partial charge in [0.2, 0.25) is 0 Å². The Labute approximate surface area is 161 Å². The Morgan fingerprint density at radius 3 is 2.50 bits per heavy atom. The molecule has 2 heterocycles.